The highest BCUT2D eigenvalue weighted by molar-refractivity contribution is 5.80. The van der Waals surface area contributed by atoms with Gasteiger partial charge in [0.15, 0.2) is 11.5 Å². The van der Waals surface area contributed by atoms with E-state index in [1.165, 1.54) is 45.6 Å². The zero-order chi connectivity index (χ0) is 15.4. The molecule has 7 nitrogen and oxygen atoms in total. The number of H-pyrrole nitrogens is 1. The maximum absolute atomic E-state index is 5.91. The Hall–Kier alpha value is -1.73. The zero-order valence-corrected chi connectivity index (χ0v) is 13.3. The van der Waals surface area contributed by atoms with Gasteiger partial charge in [-0.3, -0.25) is 0 Å². The Balaban J connectivity index is 1.39. The van der Waals surface area contributed by atoms with Crippen molar-refractivity contribution in [2.24, 2.45) is 0 Å². The van der Waals surface area contributed by atoms with Crippen LogP contribution >= 0.6 is 0 Å². The molecule has 3 heterocycles. The van der Waals surface area contributed by atoms with Crippen LogP contribution < -0.4 is 5.73 Å². The molecule has 22 heavy (non-hydrogen) atoms. The molecule has 0 unspecified atom stereocenters. The van der Waals surface area contributed by atoms with Crippen molar-refractivity contribution in [1.29, 1.82) is 0 Å². The summed E-state index contributed by atoms with van der Waals surface area (Å²) in [6, 6.07) is 0. The number of likely N-dealkylation sites (N-methyl/N-ethyl adjacent to an activating group) is 1. The van der Waals surface area contributed by atoms with Crippen LogP contribution in [0.3, 0.4) is 0 Å². The number of nitrogens with two attached hydrogens (primary N) is 1. The highest BCUT2D eigenvalue weighted by Gasteiger charge is 2.12. The topological polar surface area (TPSA) is 87.0 Å². The Bertz CT molecular complexity index is 601. The molecule has 0 aromatic carbocycles. The predicted molar refractivity (Wildman–Crippen MR) is 87.6 cm³/mol. The number of nitrogens with one attached hydrogen (secondary N) is 1. The van der Waals surface area contributed by atoms with Crippen LogP contribution in [-0.2, 0) is 6.42 Å². The van der Waals surface area contributed by atoms with Gasteiger partial charge >= 0.3 is 0 Å². The first-order chi connectivity index (χ1) is 10.7. The highest BCUT2D eigenvalue weighted by Crippen LogP contribution is 2.14. The van der Waals surface area contributed by atoms with Crippen molar-refractivity contribution >= 4 is 17.0 Å². The summed E-state index contributed by atoms with van der Waals surface area (Å²) in [6.45, 7) is 5.99. The molecule has 0 aliphatic carbocycles. The number of aromatic nitrogens is 4. The minimum absolute atomic E-state index is 0.495. The van der Waals surface area contributed by atoms with Crippen molar-refractivity contribution in [2.75, 3.05) is 45.5 Å². The van der Waals surface area contributed by atoms with Crippen LogP contribution in [0.1, 0.15) is 25.1 Å². The van der Waals surface area contributed by atoms with Gasteiger partial charge in [-0.2, -0.15) is 0 Å². The van der Waals surface area contributed by atoms with Gasteiger partial charge in [0, 0.05) is 32.6 Å². The number of nitrogen functional groups attached to an aromatic ring is 1. The number of fused-ring (bicyclic) bond motifs is 1. The van der Waals surface area contributed by atoms with Gasteiger partial charge in [0.05, 0.1) is 6.33 Å². The summed E-state index contributed by atoms with van der Waals surface area (Å²) in [4.78, 5) is 20.9. The number of piperazine rings is 1. The summed E-state index contributed by atoms with van der Waals surface area (Å²) in [7, 11) is 2.19. The molecule has 3 N–H and O–H groups in total. The number of rotatable bonds is 6. The summed E-state index contributed by atoms with van der Waals surface area (Å²) in [6.07, 6.45) is 6.02. The minimum Gasteiger partial charge on any atom is -0.382 e. The molecule has 2 aromatic heterocycles. The van der Waals surface area contributed by atoms with E-state index in [0.29, 0.717) is 11.5 Å². The third kappa shape index (κ3) is 3.72. The van der Waals surface area contributed by atoms with Gasteiger partial charge in [-0.1, -0.05) is 6.42 Å². The number of anilines is 1. The number of hydrogen-bond acceptors (Lipinski definition) is 6. The fraction of sp³-hybridized carbons (Fsp3) is 0.667. The summed E-state index contributed by atoms with van der Waals surface area (Å²) in [5.41, 5.74) is 7.31. The molecule has 0 bridgehead atoms. The molecular formula is C15H25N7. The number of unbranched alkanes of at least 4 members (excludes halogenated alkanes) is 2. The van der Waals surface area contributed by atoms with E-state index in [-0.39, 0.29) is 0 Å². The second-order valence-electron chi connectivity index (χ2n) is 6.08. The molecule has 7 heteroatoms. The van der Waals surface area contributed by atoms with E-state index in [1.807, 2.05) is 0 Å². The van der Waals surface area contributed by atoms with Gasteiger partial charge in [-0.15, -0.1) is 0 Å². The maximum atomic E-state index is 5.91. The van der Waals surface area contributed by atoms with Crippen molar-refractivity contribution in [3.63, 3.8) is 0 Å². The summed E-state index contributed by atoms with van der Waals surface area (Å²) in [5.74, 6) is 1.30. The molecule has 0 amide bonds. The first-order valence-corrected chi connectivity index (χ1v) is 8.09. The van der Waals surface area contributed by atoms with Crippen LogP contribution in [0.4, 0.5) is 5.82 Å². The van der Waals surface area contributed by atoms with Crippen LogP contribution in [0.15, 0.2) is 6.33 Å². The van der Waals surface area contributed by atoms with Gasteiger partial charge in [0.25, 0.3) is 0 Å². The quantitative estimate of drug-likeness (QED) is 0.771. The van der Waals surface area contributed by atoms with Crippen LogP contribution in [0.2, 0.25) is 0 Å². The monoisotopic (exact) mass is 303 g/mol. The predicted octanol–water partition coefficient (Wildman–Crippen LogP) is 0.895. The fourth-order valence-electron chi connectivity index (χ4n) is 2.88. The lowest BCUT2D eigenvalue weighted by molar-refractivity contribution is 0.152. The summed E-state index contributed by atoms with van der Waals surface area (Å²) >= 11 is 0. The lowest BCUT2D eigenvalue weighted by atomic mass is 10.1. The summed E-state index contributed by atoms with van der Waals surface area (Å²) in [5, 5.41) is 0. The molecule has 1 saturated heterocycles. The van der Waals surface area contributed by atoms with E-state index in [0.717, 1.165) is 24.2 Å². The molecule has 3 rings (SSSR count). The Morgan fingerprint density at radius 2 is 1.95 bits per heavy atom. The maximum Gasteiger partial charge on any atom is 0.183 e. The fourth-order valence-corrected chi connectivity index (χ4v) is 2.88. The molecule has 0 saturated carbocycles. The van der Waals surface area contributed by atoms with Crippen LogP contribution in [-0.4, -0.2) is 69.5 Å². The number of aromatic amines is 1. The number of nitrogens with zero attached hydrogens (tertiary/aromatic N) is 5. The molecule has 120 valence electrons. The smallest absolute Gasteiger partial charge is 0.183 e. The van der Waals surface area contributed by atoms with E-state index in [1.54, 1.807) is 6.33 Å². The largest absolute Gasteiger partial charge is 0.382 e. The van der Waals surface area contributed by atoms with E-state index < -0.39 is 0 Å². The SMILES string of the molecule is CN1CCN(CCCCCc2nc(N)c3[nH]cnc3n2)CC1. The first kappa shape index (κ1) is 15.2. The van der Waals surface area contributed by atoms with Crippen molar-refractivity contribution < 1.29 is 0 Å². The molecule has 1 fully saturated rings. The van der Waals surface area contributed by atoms with Gasteiger partial charge < -0.3 is 20.5 Å². The average molecular weight is 303 g/mol. The molecule has 1 aliphatic heterocycles. The van der Waals surface area contributed by atoms with Gasteiger partial charge in [-0.05, 0) is 26.4 Å². The van der Waals surface area contributed by atoms with Crippen LogP contribution in [0.5, 0.6) is 0 Å². The van der Waals surface area contributed by atoms with Crippen molar-refractivity contribution in [2.45, 2.75) is 25.7 Å². The average Bonchev–Trinajstić information content (AvgIpc) is 2.98. The van der Waals surface area contributed by atoms with E-state index in [9.17, 15) is 0 Å². The highest BCUT2D eigenvalue weighted by atomic mass is 15.2. The van der Waals surface area contributed by atoms with E-state index in [2.05, 4.69) is 36.8 Å². The number of imidazole rings is 1. The number of aryl methyl sites for hydroxylation is 1. The molecule has 1 aliphatic rings. The molecule has 0 radical (unpaired) electrons. The Morgan fingerprint density at radius 3 is 2.77 bits per heavy atom. The van der Waals surface area contributed by atoms with Crippen molar-refractivity contribution in [3.8, 4) is 0 Å². The number of hydrogen-bond donors (Lipinski definition) is 2. The Kier molecular flexibility index (Phi) is 4.84. The molecular weight excluding hydrogens is 278 g/mol. The van der Waals surface area contributed by atoms with Crippen LogP contribution in [0, 0.1) is 0 Å². The van der Waals surface area contributed by atoms with E-state index in [4.69, 9.17) is 5.73 Å². The first-order valence-electron chi connectivity index (χ1n) is 8.09. The normalized spacial score (nSPS) is 17.3. The molecule has 2 aromatic rings. The van der Waals surface area contributed by atoms with E-state index >= 15 is 0 Å². The standard InChI is InChI=1S/C15H25N7/c1-21-7-9-22(10-8-21)6-4-2-3-5-12-19-14(16)13-15(20-12)18-11-17-13/h11H,2-10H2,1H3,(H3,16,17,18,19,20). The van der Waals surface area contributed by atoms with Gasteiger partial charge in [0.2, 0.25) is 0 Å². The lowest BCUT2D eigenvalue weighted by Gasteiger charge is -2.32. The third-order valence-electron chi connectivity index (χ3n) is 4.33. The third-order valence-corrected chi connectivity index (χ3v) is 4.33. The minimum atomic E-state index is 0.495. The molecule has 0 spiro atoms. The lowest BCUT2D eigenvalue weighted by Crippen LogP contribution is -2.44. The molecule has 0 atom stereocenters. The van der Waals surface area contributed by atoms with Crippen LogP contribution in [0.25, 0.3) is 11.2 Å². The second kappa shape index (κ2) is 7.02. The van der Waals surface area contributed by atoms with Crippen molar-refractivity contribution in [3.05, 3.63) is 12.2 Å². The second-order valence-corrected chi connectivity index (χ2v) is 6.08. The zero-order valence-electron chi connectivity index (χ0n) is 13.3. The van der Waals surface area contributed by atoms with Gasteiger partial charge in [-0.25, -0.2) is 15.0 Å². The Morgan fingerprint density at radius 1 is 1.14 bits per heavy atom. The van der Waals surface area contributed by atoms with Crippen molar-refractivity contribution in [1.82, 2.24) is 29.7 Å². The van der Waals surface area contributed by atoms with Gasteiger partial charge in [0.1, 0.15) is 11.3 Å². The summed E-state index contributed by atoms with van der Waals surface area (Å²) < 4.78 is 0. The Labute approximate surface area is 130 Å².